The molecule has 2 N–H and O–H groups in total. The second-order valence-electron chi connectivity index (χ2n) is 7.79. The van der Waals surface area contributed by atoms with Crippen LogP contribution in [0.4, 0.5) is 0 Å². The van der Waals surface area contributed by atoms with Crippen molar-refractivity contribution >= 4 is 5.97 Å². The van der Waals surface area contributed by atoms with E-state index in [0.29, 0.717) is 12.8 Å². The Morgan fingerprint density at radius 1 is 0.742 bits per heavy atom. The number of aliphatic hydroxyl groups is 2. The molecule has 4 heteroatoms. The minimum atomic E-state index is -0.957. The number of rotatable bonds is 11. The standard InChI is InChI=1S/C27H30O4/c28-19-25(27(30)31-20-24-10-5-2-6-11-24)26(29)17-16-23-13-7-12-22(18-23)15-14-21-8-3-1-4-9-21/h1-13,18,25-26,28-29H,14-17,19-20H2. The minimum absolute atomic E-state index is 0.131. The molecule has 0 aromatic heterocycles. The second kappa shape index (κ2) is 12.0. The first-order valence-electron chi connectivity index (χ1n) is 10.8. The quantitative estimate of drug-likeness (QED) is 0.460. The monoisotopic (exact) mass is 418 g/mol. The molecule has 0 saturated carbocycles. The van der Waals surface area contributed by atoms with Crippen LogP contribution in [0.2, 0.25) is 0 Å². The topological polar surface area (TPSA) is 66.8 Å². The van der Waals surface area contributed by atoms with E-state index in [-0.39, 0.29) is 6.61 Å². The molecule has 0 amide bonds. The van der Waals surface area contributed by atoms with Gasteiger partial charge in [0, 0.05) is 0 Å². The third kappa shape index (κ3) is 7.35. The molecule has 3 aromatic carbocycles. The number of ether oxygens (including phenoxy) is 1. The summed E-state index contributed by atoms with van der Waals surface area (Å²) >= 11 is 0. The van der Waals surface area contributed by atoms with Gasteiger partial charge in [-0.15, -0.1) is 0 Å². The van der Waals surface area contributed by atoms with Crippen molar-refractivity contribution < 1.29 is 19.7 Å². The first-order chi connectivity index (χ1) is 15.2. The van der Waals surface area contributed by atoms with E-state index in [9.17, 15) is 15.0 Å². The zero-order valence-corrected chi connectivity index (χ0v) is 17.7. The van der Waals surface area contributed by atoms with Gasteiger partial charge in [-0.25, -0.2) is 0 Å². The fourth-order valence-electron chi connectivity index (χ4n) is 3.58. The van der Waals surface area contributed by atoms with Gasteiger partial charge >= 0.3 is 5.97 Å². The molecular weight excluding hydrogens is 388 g/mol. The highest BCUT2D eigenvalue weighted by Gasteiger charge is 2.27. The maximum atomic E-state index is 12.3. The molecule has 2 atom stereocenters. The molecule has 3 aromatic rings. The summed E-state index contributed by atoms with van der Waals surface area (Å²) in [7, 11) is 0. The number of aliphatic hydroxyl groups excluding tert-OH is 2. The van der Waals surface area contributed by atoms with Gasteiger partial charge < -0.3 is 14.9 Å². The highest BCUT2D eigenvalue weighted by atomic mass is 16.5. The lowest BCUT2D eigenvalue weighted by Crippen LogP contribution is -2.33. The molecule has 0 bridgehead atoms. The molecule has 0 spiro atoms. The van der Waals surface area contributed by atoms with Crippen molar-refractivity contribution in [3.8, 4) is 0 Å². The van der Waals surface area contributed by atoms with Crippen molar-refractivity contribution in [1.29, 1.82) is 0 Å². The molecule has 0 heterocycles. The SMILES string of the molecule is O=C(OCc1ccccc1)C(CO)C(O)CCc1cccc(CCc2ccccc2)c1. The van der Waals surface area contributed by atoms with Gasteiger partial charge in [-0.1, -0.05) is 84.9 Å². The van der Waals surface area contributed by atoms with E-state index < -0.39 is 24.6 Å². The molecule has 0 radical (unpaired) electrons. The van der Waals surface area contributed by atoms with Crippen LogP contribution in [-0.4, -0.2) is 28.9 Å². The van der Waals surface area contributed by atoms with Crippen molar-refractivity contribution in [2.45, 2.75) is 38.4 Å². The summed E-state index contributed by atoms with van der Waals surface area (Å²) in [5.41, 5.74) is 4.54. The Kier molecular flexibility index (Phi) is 8.83. The largest absolute Gasteiger partial charge is 0.460 e. The second-order valence-corrected chi connectivity index (χ2v) is 7.79. The van der Waals surface area contributed by atoms with E-state index in [1.165, 1.54) is 11.1 Å². The fraction of sp³-hybridized carbons (Fsp3) is 0.296. The maximum Gasteiger partial charge on any atom is 0.314 e. The van der Waals surface area contributed by atoms with E-state index in [4.69, 9.17) is 4.74 Å². The highest BCUT2D eigenvalue weighted by molar-refractivity contribution is 5.73. The third-order valence-electron chi connectivity index (χ3n) is 5.45. The lowest BCUT2D eigenvalue weighted by Gasteiger charge is -2.20. The number of benzene rings is 3. The van der Waals surface area contributed by atoms with Crippen molar-refractivity contribution in [2.24, 2.45) is 5.92 Å². The Morgan fingerprint density at radius 2 is 1.29 bits per heavy atom. The third-order valence-corrected chi connectivity index (χ3v) is 5.45. The minimum Gasteiger partial charge on any atom is -0.460 e. The van der Waals surface area contributed by atoms with Crippen LogP contribution >= 0.6 is 0 Å². The van der Waals surface area contributed by atoms with E-state index >= 15 is 0 Å². The van der Waals surface area contributed by atoms with Crippen molar-refractivity contribution in [2.75, 3.05) is 6.61 Å². The number of aryl methyl sites for hydroxylation is 3. The normalized spacial score (nSPS) is 12.8. The van der Waals surface area contributed by atoms with Crippen molar-refractivity contribution in [3.63, 3.8) is 0 Å². The van der Waals surface area contributed by atoms with Gasteiger partial charge in [0.1, 0.15) is 12.5 Å². The molecule has 3 rings (SSSR count). The predicted molar refractivity (Wildman–Crippen MR) is 121 cm³/mol. The number of hydrogen-bond acceptors (Lipinski definition) is 4. The van der Waals surface area contributed by atoms with Gasteiger partial charge in [-0.3, -0.25) is 4.79 Å². The average Bonchev–Trinajstić information content (AvgIpc) is 2.82. The molecule has 0 aliphatic carbocycles. The van der Waals surface area contributed by atoms with Crippen LogP contribution in [0.3, 0.4) is 0 Å². The van der Waals surface area contributed by atoms with Gasteiger partial charge in [0.2, 0.25) is 0 Å². The van der Waals surface area contributed by atoms with Gasteiger partial charge in [0.15, 0.2) is 0 Å². The predicted octanol–water partition coefficient (Wildman–Crippen LogP) is 4.12. The highest BCUT2D eigenvalue weighted by Crippen LogP contribution is 2.16. The molecule has 0 fully saturated rings. The Bertz CT molecular complexity index is 924. The van der Waals surface area contributed by atoms with Gasteiger partial charge in [-0.2, -0.15) is 0 Å². The molecule has 162 valence electrons. The van der Waals surface area contributed by atoms with Crippen LogP contribution in [0, 0.1) is 5.92 Å². The number of carbonyl (C=O) groups excluding carboxylic acids is 1. The molecule has 2 unspecified atom stereocenters. The average molecular weight is 419 g/mol. The zero-order valence-electron chi connectivity index (χ0n) is 17.7. The lowest BCUT2D eigenvalue weighted by molar-refractivity contribution is -0.156. The van der Waals surface area contributed by atoms with E-state index in [0.717, 1.165) is 24.0 Å². The van der Waals surface area contributed by atoms with Crippen molar-refractivity contribution in [1.82, 2.24) is 0 Å². The van der Waals surface area contributed by atoms with Crippen LogP contribution in [0.5, 0.6) is 0 Å². The number of esters is 1. The Labute approximate surface area is 184 Å². The van der Waals surface area contributed by atoms with Crippen LogP contribution < -0.4 is 0 Å². The molecule has 0 aliphatic rings. The summed E-state index contributed by atoms with van der Waals surface area (Å²) < 4.78 is 5.29. The van der Waals surface area contributed by atoms with Crippen LogP contribution in [-0.2, 0) is 35.4 Å². The summed E-state index contributed by atoms with van der Waals surface area (Å²) in [5.74, 6) is -1.51. The summed E-state index contributed by atoms with van der Waals surface area (Å²) in [6.45, 7) is -0.307. The van der Waals surface area contributed by atoms with E-state index in [1.807, 2.05) is 48.5 Å². The smallest absolute Gasteiger partial charge is 0.314 e. The van der Waals surface area contributed by atoms with Gasteiger partial charge in [0.05, 0.1) is 12.7 Å². The lowest BCUT2D eigenvalue weighted by atomic mass is 9.95. The molecular formula is C27H30O4. The molecule has 0 aliphatic heterocycles. The summed E-state index contributed by atoms with van der Waals surface area (Å²) in [6.07, 6.45) is 1.98. The Hall–Kier alpha value is -2.95. The Morgan fingerprint density at radius 3 is 1.94 bits per heavy atom. The van der Waals surface area contributed by atoms with Crippen molar-refractivity contribution in [3.05, 3.63) is 107 Å². The zero-order chi connectivity index (χ0) is 21.9. The van der Waals surface area contributed by atoms with Crippen LogP contribution in [0.1, 0.15) is 28.7 Å². The van der Waals surface area contributed by atoms with Crippen LogP contribution in [0.25, 0.3) is 0 Å². The first-order valence-corrected chi connectivity index (χ1v) is 10.8. The van der Waals surface area contributed by atoms with E-state index in [2.05, 4.69) is 36.4 Å². The summed E-state index contributed by atoms with van der Waals surface area (Å²) in [5, 5.41) is 20.1. The first kappa shape index (κ1) is 22.7. The summed E-state index contributed by atoms with van der Waals surface area (Å²) in [6, 6.07) is 28.1. The fourth-order valence-corrected chi connectivity index (χ4v) is 3.58. The van der Waals surface area contributed by atoms with Gasteiger partial charge in [-0.05, 0) is 47.9 Å². The molecule has 31 heavy (non-hydrogen) atoms. The Balaban J connectivity index is 1.49. The molecule has 0 saturated heterocycles. The van der Waals surface area contributed by atoms with Gasteiger partial charge in [0.25, 0.3) is 0 Å². The number of carbonyl (C=O) groups is 1. The maximum absolute atomic E-state index is 12.3. The van der Waals surface area contributed by atoms with E-state index in [1.54, 1.807) is 0 Å². The summed E-state index contributed by atoms with van der Waals surface area (Å²) in [4.78, 5) is 12.3. The number of hydrogen-bond donors (Lipinski definition) is 2. The molecule has 4 nitrogen and oxygen atoms in total. The van der Waals surface area contributed by atoms with Crippen LogP contribution in [0.15, 0.2) is 84.9 Å².